The lowest BCUT2D eigenvalue weighted by Crippen LogP contribution is -2.24. The molecule has 1 aromatic heterocycles. The zero-order valence-electron chi connectivity index (χ0n) is 14.5. The van der Waals surface area contributed by atoms with Crippen molar-refractivity contribution in [3.63, 3.8) is 0 Å². The number of hydrogen-bond acceptors (Lipinski definition) is 4. The maximum absolute atomic E-state index is 12.9. The van der Waals surface area contributed by atoms with Crippen LogP contribution in [0, 0.1) is 0 Å². The van der Waals surface area contributed by atoms with Crippen LogP contribution in [0.5, 0.6) is 0 Å². The van der Waals surface area contributed by atoms with Gasteiger partial charge < -0.3 is 4.74 Å². The van der Waals surface area contributed by atoms with Crippen LogP contribution in [0.2, 0.25) is 0 Å². The smallest absolute Gasteiger partial charge is 0.282 e. The molecule has 0 N–H and O–H groups in total. The van der Waals surface area contributed by atoms with Gasteiger partial charge in [-0.1, -0.05) is 42.6 Å². The quantitative estimate of drug-likeness (QED) is 0.513. The summed E-state index contributed by atoms with van der Waals surface area (Å²) in [7, 11) is 1.59. The van der Waals surface area contributed by atoms with Gasteiger partial charge in [0.2, 0.25) is 5.90 Å². The molecule has 0 bridgehead atoms. The number of hydrogen-bond donors (Lipinski definition) is 0. The monoisotopic (exact) mass is 393 g/mol. The van der Waals surface area contributed by atoms with Crippen molar-refractivity contribution >= 4 is 32.7 Å². The third kappa shape index (κ3) is 4.44. The summed E-state index contributed by atoms with van der Waals surface area (Å²) in [6, 6.07) is 5.55. The number of rotatable bonds is 7. The number of methoxy groups -OCH3 is 1. The maximum Gasteiger partial charge on any atom is 0.282 e. The lowest BCUT2D eigenvalue weighted by atomic mass is 10.2. The molecule has 0 atom stereocenters. The molecular formula is C18H24BrN3O2. The SMILES string of the molecule is CCCC/C(=N\n1c(CCCC)nc2ccc(Br)cc2c1=O)OC. The summed E-state index contributed by atoms with van der Waals surface area (Å²) in [6.07, 6.45) is 5.43. The van der Waals surface area contributed by atoms with Crippen LogP contribution >= 0.6 is 15.9 Å². The topological polar surface area (TPSA) is 56.5 Å². The van der Waals surface area contributed by atoms with Gasteiger partial charge in [-0.05, 0) is 31.0 Å². The highest BCUT2D eigenvalue weighted by molar-refractivity contribution is 9.10. The molecular weight excluding hydrogens is 370 g/mol. The first kappa shape index (κ1) is 18.6. The van der Waals surface area contributed by atoms with Crippen molar-refractivity contribution in [2.75, 3.05) is 7.11 Å². The molecule has 6 heteroatoms. The summed E-state index contributed by atoms with van der Waals surface area (Å²) in [5.74, 6) is 1.25. The molecule has 0 fully saturated rings. The van der Waals surface area contributed by atoms with Gasteiger partial charge in [0.25, 0.3) is 5.56 Å². The highest BCUT2D eigenvalue weighted by Crippen LogP contribution is 2.17. The van der Waals surface area contributed by atoms with Crippen LogP contribution in [0.15, 0.2) is 32.6 Å². The van der Waals surface area contributed by atoms with Crippen LogP contribution < -0.4 is 5.56 Å². The first-order chi connectivity index (χ1) is 11.6. The normalized spacial score (nSPS) is 11.9. The van der Waals surface area contributed by atoms with E-state index in [4.69, 9.17) is 4.74 Å². The van der Waals surface area contributed by atoms with Crippen molar-refractivity contribution in [2.24, 2.45) is 5.10 Å². The van der Waals surface area contributed by atoms with E-state index in [-0.39, 0.29) is 5.56 Å². The van der Waals surface area contributed by atoms with Crippen molar-refractivity contribution in [3.8, 4) is 0 Å². The van der Waals surface area contributed by atoms with Gasteiger partial charge in [0.05, 0.1) is 18.0 Å². The van der Waals surface area contributed by atoms with Gasteiger partial charge in [-0.3, -0.25) is 4.79 Å². The molecule has 0 amide bonds. The zero-order chi connectivity index (χ0) is 17.5. The molecule has 0 radical (unpaired) electrons. The summed E-state index contributed by atoms with van der Waals surface area (Å²) in [5.41, 5.74) is 0.548. The molecule has 0 saturated heterocycles. The molecule has 24 heavy (non-hydrogen) atoms. The van der Waals surface area contributed by atoms with Crippen LogP contribution in [-0.2, 0) is 11.2 Å². The van der Waals surface area contributed by atoms with E-state index in [0.29, 0.717) is 35.5 Å². The third-order valence-corrected chi connectivity index (χ3v) is 4.31. The maximum atomic E-state index is 12.9. The van der Waals surface area contributed by atoms with E-state index in [1.54, 1.807) is 13.2 Å². The second-order valence-corrected chi connectivity index (χ2v) is 6.63. The highest BCUT2D eigenvalue weighted by atomic mass is 79.9. The number of aryl methyl sites for hydroxylation is 1. The zero-order valence-corrected chi connectivity index (χ0v) is 16.1. The van der Waals surface area contributed by atoms with Gasteiger partial charge in [-0.25, -0.2) is 4.98 Å². The fourth-order valence-electron chi connectivity index (χ4n) is 2.43. The van der Waals surface area contributed by atoms with E-state index in [2.05, 4.69) is 39.9 Å². The molecule has 130 valence electrons. The van der Waals surface area contributed by atoms with E-state index in [0.717, 1.165) is 30.2 Å². The Kier molecular flexibility index (Phi) is 6.97. The minimum absolute atomic E-state index is 0.154. The Bertz CT molecular complexity index is 784. The number of ether oxygens (including phenoxy) is 1. The minimum atomic E-state index is -0.154. The predicted octanol–water partition coefficient (Wildman–Crippen LogP) is 4.50. The molecule has 0 aliphatic carbocycles. The van der Waals surface area contributed by atoms with E-state index in [9.17, 15) is 4.79 Å². The van der Waals surface area contributed by atoms with Crippen LogP contribution in [0.25, 0.3) is 10.9 Å². The van der Waals surface area contributed by atoms with E-state index in [1.165, 1.54) is 4.68 Å². The molecule has 2 aromatic rings. The molecule has 0 aliphatic heterocycles. The molecule has 2 rings (SSSR count). The largest absolute Gasteiger partial charge is 0.483 e. The summed E-state index contributed by atoms with van der Waals surface area (Å²) < 4.78 is 7.63. The number of benzene rings is 1. The standard InChI is InChI=1S/C18H24BrN3O2/c1-4-6-8-16-20-15-11-10-13(19)12-14(15)18(23)22(16)21-17(24-3)9-7-5-2/h10-12H,4-9H2,1-3H3/b21-17+. The average Bonchev–Trinajstić information content (AvgIpc) is 2.59. The average molecular weight is 394 g/mol. The lowest BCUT2D eigenvalue weighted by Gasteiger charge is -2.11. The van der Waals surface area contributed by atoms with Crippen molar-refractivity contribution in [3.05, 3.63) is 38.9 Å². The van der Waals surface area contributed by atoms with E-state index in [1.807, 2.05) is 12.1 Å². The van der Waals surface area contributed by atoms with Crippen LogP contribution in [0.3, 0.4) is 0 Å². The lowest BCUT2D eigenvalue weighted by molar-refractivity contribution is 0.381. The molecule has 5 nitrogen and oxygen atoms in total. The summed E-state index contributed by atoms with van der Waals surface area (Å²) in [6.45, 7) is 4.23. The van der Waals surface area contributed by atoms with Crippen LogP contribution in [0.4, 0.5) is 0 Å². The molecule has 0 spiro atoms. The Morgan fingerprint density at radius 3 is 2.71 bits per heavy atom. The summed E-state index contributed by atoms with van der Waals surface area (Å²) in [4.78, 5) is 17.6. The second kappa shape index (κ2) is 8.97. The summed E-state index contributed by atoms with van der Waals surface area (Å²) in [5, 5.41) is 5.02. The fourth-order valence-corrected chi connectivity index (χ4v) is 2.79. The van der Waals surface area contributed by atoms with Gasteiger partial charge in [0.1, 0.15) is 5.82 Å². The summed E-state index contributed by atoms with van der Waals surface area (Å²) >= 11 is 3.41. The van der Waals surface area contributed by atoms with Crippen LogP contribution in [0.1, 0.15) is 51.8 Å². The van der Waals surface area contributed by atoms with Gasteiger partial charge in [-0.15, -0.1) is 5.10 Å². The Hall–Kier alpha value is -1.69. The highest BCUT2D eigenvalue weighted by Gasteiger charge is 2.12. The number of aromatic nitrogens is 2. The fraction of sp³-hybridized carbons (Fsp3) is 0.500. The van der Waals surface area contributed by atoms with E-state index >= 15 is 0 Å². The van der Waals surface area contributed by atoms with Gasteiger partial charge in [-0.2, -0.15) is 4.68 Å². The number of nitrogens with zero attached hydrogens (tertiary/aromatic N) is 3. The first-order valence-electron chi connectivity index (χ1n) is 8.43. The second-order valence-electron chi connectivity index (χ2n) is 5.71. The van der Waals surface area contributed by atoms with Gasteiger partial charge in [0.15, 0.2) is 0 Å². The number of unbranched alkanes of at least 4 members (excludes halogenated alkanes) is 2. The Morgan fingerprint density at radius 1 is 1.29 bits per heavy atom. The van der Waals surface area contributed by atoms with E-state index < -0.39 is 0 Å². The molecule has 0 unspecified atom stereocenters. The minimum Gasteiger partial charge on any atom is -0.483 e. The molecule has 1 aromatic carbocycles. The number of fused-ring (bicyclic) bond motifs is 1. The Labute approximate surface area is 150 Å². The van der Waals surface area contributed by atoms with Crippen LogP contribution in [-0.4, -0.2) is 22.7 Å². The third-order valence-electron chi connectivity index (χ3n) is 3.82. The van der Waals surface area contributed by atoms with Gasteiger partial charge >= 0.3 is 0 Å². The van der Waals surface area contributed by atoms with Gasteiger partial charge in [0, 0.05) is 17.3 Å². The predicted molar refractivity (Wildman–Crippen MR) is 102 cm³/mol. The van der Waals surface area contributed by atoms with Crippen molar-refractivity contribution in [1.82, 2.24) is 9.66 Å². The molecule has 1 heterocycles. The number of halogens is 1. The van der Waals surface area contributed by atoms with Crippen molar-refractivity contribution < 1.29 is 4.74 Å². The Balaban J connectivity index is 2.60. The Morgan fingerprint density at radius 2 is 2.04 bits per heavy atom. The van der Waals surface area contributed by atoms with Crippen molar-refractivity contribution in [1.29, 1.82) is 0 Å². The van der Waals surface area contributed by atoms with Crippen molar-refractivity contribution in [2.45, 2.75) is 52.4 Å². The molecule has 0 aliphatic rings. The first-order valence-corrected chi connectivity index (χ1v) is 9.23. The molecule has 0 saturated carbocycles.